The van der Waals surface area contributed by atoms with E-state index in [2.05, 4.69) is 46.5 Å². The van der Waals surface area contributed by atoms with E-state index in [1.165, 1.54) is 24.3 Å². The Balaban J connectivity index is 1.03. The van der Waals surface area contributed by atoms with Gasteiger partial charge in [0.1, 0.15) is 11.3 Å². The van der Waals surface area contributed by atoms with Crippen LogP contribution in [-0.4, -0.2) is 63.5 Å². The second-order valence-electron chi connectivity index (χ2n) is 13.2. The van der Waals surface area contributed by atoms with Gasteiger partial charge in [-0.3, -0.25) is 19.7 Å². The summed E-state index contributed by atoms with van der Waals surface area (Å²) in [5, 5.41) is 14.4. The number of thiazole rings is 1. The molecule has 6 rings (SSSR count). The quantitative estimate of drug-likeness (QED) is 0.0650. The second-order valence-corrected chi connectivity index (χ2v) is 14.6. The number of ether oxygens (including phenoxy) is 1. The van der Waals surface area contributed by atoms with Crippen molar-refractivity contribution in [1.29, 1.82) is 0 Å². The molecular formula is C35H32ClF4N9O4S. The Labute approximate surface area is 314 Å². The molecule has 5 N–H and O–H groups in total. The number of anilines is 4. The molecule has 0 saturated heterocycles. The Morgan fingerprint density at radius 3 is 2.22 bits per heavy atom. The first kappa shape index (κ1) is 38.1. The van der Waals surface area contributed by atoms with Crippen LogP contribution in [0.25, 0.3) is 10.2 Å². The van der Waals surface area contributed by atoms with Crippen molar-refractivity contribution in [3.8, 4) is 6.01 Å². The van der Waals surface area contributed by atoms with Gasteiger partial charge >= 0.3 is 24.0 Å². The van der Waals surface area contributed by atoms with Crippen molar-refractivity contribution in [2.45, 2.75) is 38.4 Å². The lowest BCUT2D eigenvalue weighted by Gasteiger charge is -2.25. The summed E-state index contributed by atoms with van der Waals surface area (Å²) in [5.74, 6) is -2.96. The third-order valence-electron chi connectivity index (χ3n) is 8.13. The predicted molar refractivity (Wildman–Crippen MR) is 194 cm³/mol. The molecule has 54 heavy (non-hydrogen) atoms. The Bertz CT molecular complexity index is 2180. The van der Waals surface area contributed by atoms with Crippen LogP contribution >= 0.6 is 22.9 Å². The number of hydrogen-bond donors (Lipinski definition) is 5. The number of hydrogen-bond acceptors (Lipinski definition) is 11. The van der Waals surface area contributed by atoms with E-state index < -0.39 is 53.3 Å². The van der Waals surface area contributed by atoms with Crippen LogP contribution < -0.4 is 31.3 Å². The van der Waals surface area contributed by atoms with Crippen LogP contribution in [0.5, 0.6) is 6.01 Å². The summed E-state index contributed by atoms with van der Waals surface area (Å²) in [6.07, 6.45) is -3.17. The highest BCUT2D eigenvalue weighted by Crippen LogP contribution is 2.48. The first-order valence-electron chi connectivity index (χ1n) is 16.4. The minimum Gasteiger partial charge on any atom is -0.454 e. The SMILES string of the molecule is CC(C)(CNC(=O)C(=O)Nc1nc2c(F)cccc2s1)CNC(=O)c1ccc(Nc2nc(NC3(c4ccc(Cl)cc4)CC3)nc(OCC(F)(F)F)n2)cc1. The molecule has 13 nitrogen and oxygen atoms in total. The first-order valence-corrected chi connectivity index (χ1v) is 17.6. The van der Waals surface area contributed by atoms with E-state index in [0.717, 1.165) is 29.7 Å². The number of halogens is 5. The monoisotopic (exact) mass is 785 g/mol. The molecule has 0 bridgehead atoms. The van der Waals surface area contributed by atoms with E-state index >= 15 is 0 Å². The van der Waals surface area contributed by atoms with Gasteiger partial charge in [-0.2, -0.15) is 28.1 Å². The molecule has 282 valence electrons. The smallest absolute Gasteiger partial charge is 0.422 e. The minimum absolute atomic E-state index is 0.00237. The highest BCUT2D eigenvalue weighted by molar-refractivity contribution is 7.22. The number of nitrogens with zero attached hydrogens (tertiary/aromatic N) is 4. The van der Waals surface area contributed by atoms with Gasteiger partial charge in [0.15, 0.2) is 11.7 Å². The van der Waals surface area contributed by atoms with E-state index in [9.17, 15) is 31.9 Å². The Kier molecular flexibility index (Phi) is 10.9. The Morgan fingerprint density at radius 1 is 0.870 bits per heavy atom. The molecule has 0 unspecified atom stereocenters. The average Bonchev–Trinajstić information content (AvgIpc) is 3.78. The zero-order valence-electron chi connectivity index (χ0n) is 28.6. The van der Waals surface area contributed by atoms with Crippen LogP contribution in [0.2, 0.25) is 5.02 Å². The molecule has 1 aliphatic carbocycles. The topological polar surface area (TPSA) is 172 Å². The molecule has 1 saturated carbocycles. The Hall–Kier alpha value is -5.62. The van der Waals surface area contributed by atoms with Gasteiger partial charge in [0.05, 0.1) is 10.2 Å². The number of benzene rings is 3. The van der Waals surface area contributed by atoms with Crippen LogP contribution in [0.4, 0.5) is 40.3 Å². The van der Waals surface area contributed by atoms with E-state index in [4.69, 9.17) is 16.3 Å². The maximum Gasteiger partial charge on any atom is 0.422 e. The summed E-state index contributed by atoms with van der Waals surface area (Å²) >= 11 is 7.06. The number of fused-ring (bicyclic) bond motifs is 1. The molecule has 2 heterocycles. The highest BCUT2D eigenvalue weighted by Gasteiger charge is 2.45. The largest absolute Gasteiger partial charge is 0.454 e. The number of carbonyl (C=O) groups is 3. The van der Waals surface area contributed by atoms with Crippen molar-refractivity contribution in [2.24, 2.45) is 5.41 Å². The van der Waals surface area contributed by atoms with Gasteiger partial charge in [0.25, 0.3) is 5.91 Å². The summed E-state index contributed by atoms with van der Waals surface area (Å²) in [7, 11) is 0. The normalized spacial score (nSPS) is 13.5. The van der Waals surface area contributed by atoms with Crippen molar-refractivity contribution < 1.29 is 36.7 Å². The molecule has 1 fully saturated rings. The van der Waals surface area contributed by atoms with E-state index in [1.54, 1.807) is 44.2 Å². The van der Waals surface area contributed by atoms with Crippen molar-refractivity contribution in [3.05, 3.63) is 88.7 Å². The van der Waals surface area contributed by atoms with Gasteiger partial charge in [-0.25, -0.2) is 9.37 Å². The number of amides is 3. The van der Waals surface area contributed by atoms with Gasteiger partial charge < -0.3 is 26.0 Å². The third kappa shape index (κ3) is 9.87. The second kappa shape index (κ2) is 15.4. The fraction of sp³-hybridized carbons (Fsp3) is 0.286. The van der Waals surface area contributed by atoms with Crippen LogP contribution in [0, 0.1) is 11.2 Å². The van der Waals surface area contributed by atoms with Crippen molar-refractivity contribution in [3.63, 3.8) is 0 Å². The van der Waals surface area contributed by atoms with Crippen molar-refractivity contribution >= 4 is 73.6 Å². The van der Waals surface area contributed by atoms with Crippen molar-refractivity contribution in [1.82, 2.24) is 30.6 Å². The van der Waals surface area contributed by atoms with E-state index in [0.29, 0.717) is 15.4 Å². The van der Waals surface area contributed by atoms with Gasteiger partial charge in [-0.05, 0) is 72.4 Å². The van der Waals surface area contributed by atoms with Gasteiger partial charge in [-0.15, -0.1) is 0 Å². The molecule has 0 aliphatic heterocycles. The minimum atomic E-state index is -4.62. The fourth-order valence-corrected chi connectivity index (χ4v) is 6.11. The van der Waals surface area contributed by atoms with Crippen LogP contribution in [0.1, 0.15) is 42.6 Å². The third-order valence-corrected chi connectivity index (χ3v) is 9.32. The summed E-state index contributed by atoms with van der Waals surface area (Å²) in [6, 6.07) is 17.2. The van der Waals surface area contributed by atoms with Gasteiger partial charge in [0, 0.05) is 29.4 Å². The number of nitrogens with one attached hydrogen (secondary N) is 5. The number of rotatable bonds is 13. The first-order chi connectivity index (χ1) is 25.6. The maximum atomic E-state index is 13.9. The highest BCUT2D eigenvalue weighted by atomic mass is 35.5. The van der Waals surface area contributed by atoms with Crippen molar-refractivity contribution in [2.75, 3.05) is 35.6 Å². The molecule has 5 aromatic rings. The molecule has 0 atom stereocenters. The number of aromatic nitrogens is 4. The molecule has 3 aromatic carbocycles. The van der Waals surface area contributed by atoms with E-state index in [1.807, 2.05) is 12.1 Å². The summed E-state index contributed by atoms with van der Waals surface area (Å²) in [4.78, 5) is 54.2. The number of alkyl halides is 3. The fourth-order valence-electron chi connectivity index (χ4n) is 5.11. The average molecular weight is 786 g/mol. The number of para-hydroxylation sites is 1. The molecule has 3 amide bonds. The lowest BCUT2D eigenvalue weighted by molar-refractivity contribution is -0.154. The summed E-state index contributed by atoms with van der Waals surface area (Å²) in [5.41, 5.74) is 0.504. The van der Waals surface area contributed by atoms with Crippen LogP contribution in [-0.2, 0) is 15.1 Å². The summed E-state index contributed by atoms with van der Waals surface area (Å²) in [6.45, 7) is 2.12. The van der Waals surface area contributed by atoms with Gasteiger partial charge in [0.2, 0.25) is 11.9 Å². The molecular weight excluding hydrogens is 754 g/mol. The Morgan fingerprint density at radius 2 is 1.56 bits per heavy atom. The van der Waals surface area contributed by atoms with E-state index in [-0.39, 0.29) is 41.2 Å². The molecule has 2 aromatic heterocycles. The molecule has 19 heteroatoms. The molecule has 0 spiro atoms. The lowest BCUT2D eigenvalue weighted by atomic mass is 9.93. The zero-order chi connectivity index (χ0) is 38.7. The summed E-state index contributed by atoms with van der Waals surface area (Å²) < 4.78 is 58.1. The number of carbonyl (C=O) groups excluding carboxylic acids is 3. The predicted octanol–water partition coefficient (Wildman–Crippen LogP) is 6.57. The van der Waals surface area contributed by atoms with Crippen LogP contribution in [0.3, 0.4) is 0 Å². The lowest BCUT2D eigenvalue weighted by Crippen LogP contribution is -2.44. The molecule has 0 radical (unpaired) electrons. The standard InChI is InChI=1S/C35H32ClF4N9O4S/c1-33(2,17-42-27(51)28(52)45-32-44-25-23(37)4-3-5-24(25)54-32)16-41-26(50)19-6-12-22(13-7-19)43-29-46-30(48-31(47-29)53-18-35(38,39)40)49-34(14-15-34)20-8-10-21(36)11-9-20/h3-13H,14-18H2,1-2H3,(H,41,50)(H,42,51)(H,44,45,52)(H2,43,46,47,48,49). The van der Waals surface area contributed by atoms with Crippen LogP contribution in [0.15, 0.2) is 66.7 Å². The zero-order valence-corrected chi connectivity index (χ0v) is 30.2. The maximum absolute atomic E-state index is 13.9. The molecule has 1 aliphatic rings. The van der Waals surface area contributed by atoms with Gasteiger partial charge in [-0.1, -0.05) is 55.0 Å².